The van der Waals surface area contributed by atoms with Gasteiger partial charge in [-0.25, -0.2) is 19.9 Å². The summed E-state index contributed by atoms with van der Waals surface area (Å²) in [5, 5.41) is 17.5. The smallest absolute Gasteiger partial charge is 0.295 e. The van der Waals surface area contributed by atoms with Gasteiger partial charge in [0.15, 0.2) is 11.8 Å². The average molecular weight is 883 g/mol. The number of aliphatic hydroxyl groups is 1. The lowest BCUT2D eigenvalue weighted by atomic mass is 10.1. The Labute approximate surface area is 366 Å². The molecule has 0 aliphatic carbocycles. The minimum atomic E-state index is -0.696. The summed E-state index contributed by atoms with van der Waals surface area (Å²) in [5.41, 5.74) is 8.76. The number of aromatic nitrogens is 6. The van der Waals surface area contributed by atoms with Crippen LogP contribution in [0.25, 0.3) is 22.1 Å². The quantitative estimate of drug-likeness (QED) is 0.0682. The van der Waals surface area contributed by atoms with Crippen molar-refractivity contribution in [1.82, 2.24) is 34.4 Å². The van der Waals surface area contributed by atoms with Crippen molar-refractivity contribution >= 4 is 57.6 Å². The number of aliphatic hydroxyl groups excluding tert-OH is 1. The Kier molecular flexibility index (Phi) is 14.3. The fourth-order valence-electron chi connectivity index (χ4n) is 7.10. The Morgan fingerprint density at radius 3 is 1.70 bits per heavy atom. The van der Waals surface area contributed by atoms with Crippen LogP contribution in [-0.4, -0.2) is 111 Å². The highest BCUT2D eigenvalue weighted by Gasteiger charge is 2.26. The van der Waals surface area contributed by atoms with Gasteiger partial charge in [0.2, 0.25) is 29.3 Å². The van der Waals surface area contributed by atoms with Crippen LogP contribution in [0.2, 0.25) is 0 Å². The van der Waals surface area contributed by atoms with Crippen LogP contribution in [0, 0.1) is 13.8 Å². The summed E-state index contributed by atoms with van der Waals surface area (Å²) in [5.74, 6) is -0.561. The number of amides is 4. The van der Waals surface area contributed by atoms with Gasteiger partial charge in [-0.15, -0.1) is 0 Å². The number of nitrogens with zero attached hydrogens (tertiary/aromatic N) is 6. The molecule has 0 saturated carbocycles. The van der Waals surface area contributed by atoms with Crippen LogP contribution in [0.1, 0.15) is 85.3 Å². The van der Waals surface area contributed by atoms with E-state index in [-0.39, 0.29) is 87.2 Å². The first-order valence-electron chi connectivity index (χ1n) is 20.9. The van der Waals surface area contributed by atoms with Crippen molar-refractivity contribution in [3.8, 4) is 11.5 Å². The number of imidazole rings is 2. The Hall–Kier alpha value is -7.10. The van der Waals surface area contributed by atoms with Crippen LogP contribution >= 0.6 is 0 Å². The van der Waals surface area contributed by atoms with E-state index in [2.05, 4.69) is 25.9 Å². The third-order valence-electron chi connectivity index (χ3n) is 9.99. The second-order valence-corrected chi connectivity index (χ2v) is 14.5. The molecule has 338 valence electrons. The lowest BCUT2D eigenvalue weighted by molar-refractivity contribution is 0.0338. The molecule has 2 aromatic carbocycles. The molecule has 0 bridgehead atoms. The molecule has 0 unspecified atom stereocenters. The molecule has 4 aromatic heterocycles. The second kappa shape index (κ2) is 20.4. The molecule has 0 atom stereocenters. The zero-order valence-corrected chi connectivity index (χ0v) is 35.9. The number of rotatable bonds is 16. The van der Waals surface area contributed by atoms with Crippen LogP contribution in [-0.2, 0) is 35.4 Å². The lowest BCUT2D eigenvalue weighted by Gasteiger charge is -2.14. The van der Waals surface area contributed by atoms with Crippen molar-refractivity contribution in [3.63, 3.8) is 0 Å². The molecule has 0 radical (unpaired) electrons. The summed E-state index contributed by atoms with van der Waals surface area (Å²) in [6.45, 7) is 8.72. The highest BCUT2D eigenvalue weighted by molar-refractivity contribution is 6.05. The fourth-order valence-corrected chi connectivity index (χ4v) is 7.10. The number of aryl methyl sites for hydroxylation is 4. The minimum Gasteiger partial charge on any atom is -0.491 e. The van der Waals surface area contributed by atoms with Crippen LogP contribution < -0.4 is 31.2 Å². The molecular formula is C43H50N10O11. The second-order valence-electron chi connectivity index (χ2n) is 14.5. The molecule has 64 heavy (non-hydrogen) atoms. The Morgan fingerprint density at radius 2 is 1.20 bits per heavy atom. The topological polar surface area (TPSA) is 275 Å². The summed E-state index contributed by atoms with van der Waals surface area (Å²) in [4.78, 5) is 71.6. The number of hydrogen-bond donors (Lipinski definition) is 5. The summed E-state index contributed by atoms with van der Waals surface area (Å²) in [7, 11) is 0. The first kappa shape index (κ1) is 44.9. The van der Waals surface area contributed by atoms with Gasteiger partial charge in [-0.3, -0.25) is 29.8 Å². The normalized spacial score (nSPS) is 13.5. The highest BCUT2D eigenvalue weighted by atomic mass is 16.5. The number of nitrogens with one attached hydrogen (secondary N) is 3. The van der Waals surface area contributed by atoms with Gasteiger partial charge in [-0.05, 0) is 37.1 Å². The molecule has 5 heterocycles. The number of primary amides is 1. The van der Waals surface area contributed by atoms with Gasteiger partial charge >= 0.3 is 0 Å². The maximum atomic E-state index is 13.8. The molecule has 4 amide bonds. The molecule has 0 fully saturated rings. The Morgan fingerprint density at radius 1 is 0.703 bits per heavy atom. The zero-order valence-electron chi connectivity index (χ0n) is 35.9. The fraction of sp³-hybridized carbons (Fsp3) is 0.395. The van der Waals surface area contributed by atoms with E-state index in [1.54, 1.807) is 35.1 Å². The van der Waals surface area contributed by atoms with Crippen LogP contribution in [0.5, 0.6) is 11.5 Å². The van der Waals surface area contributed by atoms with Gasteiger partial charge in [-0.1, -0.05) is 26.0 Å². The van der Waals surface area contributed by atoms with E-state index in [0.29, 0.717) is 89.2 Å². The Balaban J connectivity index is 1.25. The molecule has 21 nitrogen and oxygen atoms in total. The van der Waals surface area contributed by atoms with Crippen molar-refractivity contribution in [3.05, 3.63) is 82.2 Å². The molecule has 6 N–H and O–H groups in total. The van der Waals surface area contributed by atoms with Gasteiger partial charge in [0, 0.05) is 51.0 Å². The predicted octanol–water partition coefficient (Wildman–Crippen LogP) is 3.88. The molecule has 0 saturated heterocycles. The lowest BCUT2D eigenvalue weighted by Crippen LogP contribution is -2.27. The molecule has 7 rings (SSSR count). The summed E-state index contributed by atoms with van der Waals surface area (Å²) < 4.78 is 38.2. The highest BCUT2D eigenvalue weighted by Crippen LogP contribution is 2.34. The van der Waals surface area contributed by atoms with Crippen LogP contribution in [0.15, 0.2) is 45.3 Å². The number of ether oxygens (including phenoxy) is 4. The monoisotopic (exact) mass is 882 g/mol. The third kappa shape index (κ3) is 10.1. The number of anilines is 2. The maximum absolute atomic E-state index is 13.8. The zero-order chi connectivity index (χ0) is 45.3. The molecule has 1 aliphatic heterocycles. The van der Waals surface area contributed by atoms with E-state index in [9.17, 15) is 19.2 Å². The minimum absolute atomic E-state index is 0.0506. The molecule has 1 aliphatic rings. The number of hydrogen-bond acceptors (Lipinski definition) is 15. The van der Waals surface area contributed by atoms with Gasteiger partial charge < -0.3 is 53.1 Å². The number of allylic oxidation sites excluding steroid dienone is 2. The van der Waals surface area contributed by atoms with Crippen molar-refractivity contribution in [2.75, 3.05) is 63.4 Å². The van der Waals surface area contributed by atoms with E-state index in [4.69, 9.17) is 48.6 Å². The van der Waals surface area contributed by atoms with E-state index in [1.807, 2.05) is 26.0 Å². The maximum Gasteiger partial charge on any atom is 0.295 e. The predicted molar refractivity (Wildman–Crippen MR) is 231 cm³/mol. The van der Waals surface area contributed by atoms with E-state index in [1.165, 1.54) is 12.1 Å². The first-order chi connectivity index (χ1) is 31.0. The number of nitrogens with two attached hydrogens (primary N) is 1. The standard InChI is InChI=1S/C43H50N10O11/c1-5-28-36(63-24(3)46-28)40(57)50-42-48-30-20-26(38(44)55)22-32-34(30)52(42)11-7-8-12-53-35-31(49-43(53)51-41(58)37-29(6-2)47-25(4)64-37)21-27(23-33(35)62-15-9-14-61-32)39(56)45-10-16-59-18-19-60-17-13-54/h7-8,20-23,54H,5-6,9-19H2,1-4H3,(H2,44,55)(H,45,56)(H,48,50,57)(H,49,51,58)/b8-7+. The van der Waals surface area contributed by atoms with Gasteiger partial charge in [0.25, 0.3) is 17.7 Å². The SMILES string of the molecule is CCc1nc(C)oc1C(=O)Nc1nc2cc(C(N)=O)cc3c2n1C/C=C/Cn1c(NC(=O)c2oc(C)nc2CC)nc2cc(C(=O)NCCOCCOCCO)cc(c21)OCCCO3. The van der Waals surface area contributed by atoms with Gasteiger partial charge in [0.1, 0.15) is 22.5 Å². The van der Waals surface area contributed by atoms with E-state index >= 15 is 0 Å². The first-order valence-corrected chi connectivity index (χ1v) is 20.9. The van der Waals surface area contributed by atoms with Crippen molar-refractivity contribution in [1.29, 1.82) is 0 Å². The number of carbonyl (C=O) groups is 4. The molecule has 6 aromatic rings. The average Bonchev–Trinajstić information content (AvgIpc) is 4.04. The number of benzene rings is 2. The third-order valence-corrected chi connectivity index (χ3v) is 9.99. The summed E-state index contributed by atoms with van der Waals surface area (Å²) >= 11 is 0. The number of carbonyl (C=O) groups excluding carboxylic acids is 4. The van der Waals surface area contributed by atoms with E-state index in [0.717, 1.165) is 0 Å². The van der Waals surface area contributed by atoms with Crippen molar-refractivity contribution in [2.24, 2.45) is 5.73 Å². The van der Waals surface area contributed by atoms with E-state index < -0.39 is 23.6 Å². The Bertz CT molecular complexity index is 2710. The van der Waals surface area contributed by atoms with Gasteiger partial charge in [-0.2, -0.15) is 0 Å². The number of oxazole rings is 2. The van der Waals surface area contributed by atoms with Crippen LogP contribution in [0.3, 0.4) is 0 Å². The molecule has 0 spiro atoms. The summed E-state index contributed by atoms with van der Waals surface area (Å²) in [6.07, 6.45) is 4.91. The van der Waals surface area contributed by atoms with Crippen molar-refractivity contribution in [2.45, 2.75) is 60.0 Å². The largest absolute Gasteiger partial charge is 0.491 e. The summed E-state index contributed by atoms with van der Waals surface area (Å²) in [6, 6.07) is 6.27. The molecular weight excluding hydrogens is 833 g/mol. The van der Waals surface area contributed by atoms with Gasteiger partial charge in [0.05, 0.1) is 68.7 Å². The van der Waals surface area contributed by atoms with Crippen LogP contribution in [0.4, 0.5) is 11.9 Å². The van der Waals surface area contributed by atoms with Crippen molar-refractivity contribution < 1.29 is 52.1 Å². The molecule has 21 heteroatoms.